The van der Waals surface area contributed by atoms with Crippen LogP contribution in [0.15, 0.2) is 36.4 Å². The second kappa shape index (κ2) is 5.35. The van der Waals surface area contributed by atoms with Crippen molar-refractivity contribution in [2.75, 3.05) is 6.54 Å². The van der Waals surface area contributed by atoms with Crippen LogP contribution >= 0.6 is 11.6 Å². The first-order chi connectivity index (χ1) is 9.65. The Balaban J connectivity index is 1.98. The van der Waals surface area contributed by atoms with Crippen LogP contribution in [-0.4, -0.2) is 12.3 Å². The van der Waals surface area contributed by atoms with Gasteiger partial charge in [0.15, 0.2) is 5.78 Å². The van der Waals surface area contributed by atoms with Gasteiger partial charge in [0.25, 0.3) is 0 Å². The largest absolute Gasteiger partial charge is 0.312 e. The molecule has 0 saturated heterocycles. The second-order valence-corrected chi connectivity index (χ2v) is 5.30. The summed E-state index contributed by atoms with van der Waals surface area (Å²) >= 11 is 5.70. The highest BCUT2D eigenvalue weighted by Crippen LogP contribution is 2.21. The molecule has 0 radical (unpaired) electrons. The number of carbonyl (C=O) groups is 1. The fourth-order valence-electron chi connectivity index (χ4n) is 2.45. The summed E-state index contributed by atoms with van der Waals surface area (Å²) in [7, 11) is 0. The predicted molar refractivity (Wildman–Crippen MR) is 76.7 cm³/mol. The lowest BCUT2D eigenvalue weighted by molar-refractivity contribution is 0.103. The number of rotatable bonds is 2. The van der Waals surface area contributed by atoms with Crippen molar-refractivity contribution in [3.05, 3.63) is 69.5 Å². The van der Waals surface area contributed by atoms with E-state index >= 15 is 0 Å². The molecule has 2 nitrogen and oxygen atoms in total. The molecule has 0 unspecified atom stereocenters. The first kappa shape index (κ1) is 13.3. The van der Waals surface area contributed by atoms with Crippen molar-refractivity contribution >= 4 is 17.4 Å². The van der Waals surface area contributed by atoms with E-state index in [-0.39, 0.29) is 16.4 Å². The Labute approximate surface area is 121 Å². The van der Waals surface area contributed by atoms with Crippen LogP contribution in [0.1, 0.15) is 27.0 Å². The van der Waals surface area contributed by atoms with Crippen LogP contribution < -0.4 is 5.32 Å². The van der Waals surface area contributed by atoms with Crippen molar-refractivity contribution in [1.82, 2.24) is 5.32 Å². The predicted octanol–water partition coefficient (Wildman–Crippen LogP) is 3.36. The average Bonchev–Trinajstić information content (AvgIpc) is 2.46. The standard InChI is InChI=1S/C16H13ClFNO/c17-13-3-4-14(15(18)8-13)16(20)11-2-1-10-5-6-19-9-12(10)7-11/h1-4,7-8,19H,5-6,9H2. The van der Waals surface area contributed by atoms with E-state index in [4.69, 9.17) is 11.6 Å². The Bertz CT molecular complexity index is 684. The zero-order chi connectivity index (χ0) is 14.1. The second-order valence-electron chi connectivity index (χ2n) is 4.86. The number of hydrogen-bond donors (Lipinski definition) is 1. The van der Waals surface area contributed by atoms with Crippen LogP contribution in [0.4, 0.5) is 4.39 Å². The highest BCUT2D eigenvalue weighted by Gasteiger charge is 2.17. The molecule has 0 atom stereocenters. The van der Waals surface area contributed by atoms with Gasteiger partial charge in [0.2, 0.25) is 0 Å². The van der Waals surface area contributed by atoms with Crippen LogP contribution in [0.5, 0.6) is 0 Å². The molecule has 1 heterocycles. The highest BCUT2D eigenvalue weighted by molar-refractivity contribution is 6.30. The van der Waals surface area contributed by atoms with Gasteiger partial charge < -0.3 is 5.32 Å². The summed E-state index contributed by atoms with van der Waals surface area (Å²) in [5, 5.41) is 3.55. The molecule has 0 saturated carbocycles. The topological polar surface area (TPSA) is 29.1 Å². The quantitative estimate of drug-likeness (QED) is 0.859. The summed E-state index contributed by atoms with van der Waals surface area (Å²) < 4.78 is 13.8. The lowest BCUT2D eigenvalue weighted by atomic mass is 9.95. The van der Waals surface area contributed by atoms with Crippen LogP contribution in [0.3, 0.4) is 0 Å². The lowest BCUT2D eigenvalue weighted by Gasteiger charge is -2.17. The third kappa shape index (κ3) is 2.47. The number of nitrogens with one attached hydrogen (secondary N) is 1. The van der Waals surface area contributed by atoms with Crippen molar-refractivity contribution in [3.8, 4) is 0 Å². The fourth-order valence-corrected chi connectivity index (χ4v) is 2.61. The van der Waals surface area contributed by atoms with Gasteiger partial charge in [0, 0.05) is 17.1 Å². The number of benzene rings is 2. The smallest absolute Gasteiger partial charge is 0.195 e. The molecule has 0 spiro atoms. The number of fused-ring (bicyclic) bond motifs is 1. The summed E-state index contributed by atoms with van der Waals surface area (Å²) in [5.74, 6) is -0.897. The van der Waals surface area contributed by atoms with E-state index in [0.29, 0.717) is 5.56 Å². The third-order valence-electron chi connectivity index (χ3n) is 3.53. The molecule has 3 rings (SSSR count). The molecular weight excluding hydrogens is 277 g/mol. The minimum atomic E-state index is -0.585. The van der Waals surface area contributed by atoms with Crippen molar-refractivity contribution in [1.29, 1.82) is 0 Å². The van der Waals surface area contributed by atoms with Gasteiger partial charge in [-0.15, -0.1) is 0 Å². The third-order valence-corrected chi connectivity index (χ3v) is 3.77. The monoisotopic (exact) mass is 289 g/mol. The van der Waals surface area contributed by atoms with Crippen molar-refractivity contribution in [3.63, 3.8) is 0 Å². The first-order valence-electron chi connectivity index (χ1n) is 6.47. The first-order valence-corrected chi connectivity index (χ1v) is 6.85. The maximum Gasteiger partial charge on any atom is 0.195 e. The molecule has 0 fully saturated rings. The van der Waals surface area contributed by atoms with E-state index in [1.165, 1.54) is 17.7 Å². The molecule has 102 valence electrons. The summed E-state index contributed by atoms with van der Waals surface area (Å²) in [6.45, 7) is 1.70. The maximum atomic E-state index is 13.8. The van der Waals surface area contributed by atoms with Crippen molar-refractivity contribution in [2.45, 2.75) is 13.0 Å². The van der Waals surface area contributed by atoms with E-state index in [1.54, 1.807) is 6.07 Å². The van der Waals surface area contributed by atoms with E-state index in [9.17, 15) is 9.18 Å². The van der Waals surface area contributed by atoms with Gasteiger partial charge in [-0.1, -0.05) is 23.7 Å². The Hall–Kier alpha value is -1.71. The van der Waals surface area contributed by atoms with Crippen LogP contribution in [0.2, 0.25) is 5.02 Å². The summed E-state index contributed by atoms with van der Waals surface area (Å²) in [6, 6.07) is 9.68. The molecule has 0 amide bonds. The molecule has 0 bridgehead atoms. The van der Waals surface area contributed by atoms with E-state index in [0.717, 1.165) is 31.1 Å². The molecular formula is C16H13ClFNO. The molecule has 1 aliphatic heterocycles. The maximum absolute atomic E-state index is 13.8. The Kier molecular flexibility index (Phi) is 3.55. The molecule has 2 aromatic carbocycles. The summed E-state index contributed by atoms with van der Waals surface area (Å²) in [6.07, 6.45) is 0.957. The van der Waals surface area contributed by atoms with Gasteiger partial charge in [-0.25, -0.2) is 4.39 Å². The minimum absolute atomic E-state index is 0.0538. The van der Waals surface area contributed by atoms with Crippen LogP contribution in [0, 0.1) is 5.82 Å². The van der Waals surface area contributed by atoms with E-state index < -0.39 is 5.82 Å². The van der Waals surface area contributed by atoms with Gasteiger partial charge in [0.1, 0.15) is 5.82 Å². The van der Waals surface area contributed by atoms with Gasteiger partial charge in [-0.2, -0.15) is 0 Å². The number of ketones is 1. The van der Waals surface area contributed by atoms with Gasteiger partial charge in [0.05, 0.1) is 5.56 Å². The average molecular weight is 290 g/mol. The molecule has 1 N–H and O–H groups in total. The van der Waals surface area contributed by atoms with E-state index in [1.807, 2.05) is 12.1 Å². The number of carbonyl (C=O) groups excluding carboxylic acids is 1. The number of halogens is 2. The van der Waals surface area contributed by atoms with Crippen LogP contribution in [-0.2, 0) is 13.0 Å². The molecule has 1 aliphatic rings. The SMILES string of the molecule is O=C(c1ccc2c(c1)CNCC2)c1ccc(Cl)cc1F. The van der Waals surface area contributed by atoms with Gasteiger partial charge >= 0.3 is 0 Å². The zero-order valence-corrected chi connectivity index (χ0v) is 11.5. The van der Waals surface area contributed by atoms with Crippen LogP contribution in [0.25, 0.3) is 0 Å². The number of hydrogen-bond acceptors (Lipinski definition) is 2. The van der Waals surface area contributed by atoms with Crippen molar-refractivity contribution < 1.29 is 9.18 Å². The van der Waals surface area contributed by atoms with E-state index in [2.05, 4.69) is 5.32 Å². The zero-order valence-electron chi connectivity index (χ0n) is 10.7. The molecule has 2 aromatic rings. The van der Waals surface area contributed by atoms with Gasteiger partial charge in [-0.3, -0.25) is 4.79 Å². The molecule has 0 aromatic heterocycles. The lowest BCUT2D eigenvalue weighted by Crippen LogP contribution is -2.23. The van der Waals surface area contributed by atoms with Crippen molar-refractivity contribution in [2.24, 2.45) is 0 Å². The molecule has 4 heteroatoms. The highest BCUT2D eigenvalue weighted by atomic mass is 35.5. The Morgan fingerprint density at radius 1 is 1.15 bits per heavy atom. The fraction of sp³-hybridized carbons (Fsp3) is 0.188. The Morgan fingerprint density at radius 2 is 2.00 bits per heavy atom. The molecule has 0 aliphatic carbocycles. The summed E-state index contributed by atoms with van der Waals surface area (Å²) in [5.41, 5.74) is 2.92. The molecule has 20 heavy (non-hydrogen) atoms. The normalized spacial score (nSPS) is 13.9. The Morgan fingerprint density at radius 3 is 2.80 bits per heavy atom. The summed E-state index contributed by atoms with van der Waals surface area (Å²) in [4.78, 5) is 12.4. The minimum Gasteiger partial charge on any atom is -0.312 e. The van der Waals surface area contributed by atoms with Gasteiger partial charge in [-0.05, 0) is 48.4 Å².